The number of nitrogen functional groups attached to an aromatic ring is 2. The Hall–Kier alpha value is -3.10. The largest absolute Gasteiger partial charge is 0.493 e. The molecular formula is C14H17N5O4. The molecule has 0 saturated heterocycles. The molecule has 0 aliphatic rings. The lowest BCUT2D eigenvalue weighted by Gasteiger charge is -2.11. The molecule has 4 N–H and O–H groups in total. The summed E-state index contributed by atoms with van der Waals surface area (Å²) in [6.45, 7) is 2.41. The minimum absolute atomic E-state index is 0.0128. The monoisotopic (exact) mass is 319 g/mol. The minimum Gasteiger partial charge on any atom is -0.493 e. The molecule has 0 fully saturated rings. The molecule has 23 heavy (non-hydrogen) atoms. The van der Waals surface area contributed by atoms with Crippen molar-refractivity contribution in [3.05, 3.63) is 40.1 Å². The Morgan fingerprint density at radius 3 is 2.65 bits per heavy atom. The molecule has 0 aliphatic heterocycles. The molecule has 0 bridgehead atoms. The first-order valence-corrected chi connectivity index (χ1v) is 6.87. The predicted molar refractivity (Wildman–Crippen MR) is 84.3 cm³/mol. The zero-order valence-corrected chi connectivity index (χ0v) is 12.6. The molecule has 9 heteroatoms. The molecule has 0 amide bonds. The summed E-state index contributed by atoms with van der Waals surface area (Å²) < 4.78 is 11.0. The Bertz CT molecular complexity index is 684. The average Bonchev–Trinajstić information content (AvgIpc) is 2.49. The second-order valence-corrected chi connectivity index (χ2v) is 4.69. The van der Waals surface area contributed by atoms with Crippen molar-refractivity contribution in [2.45, 2.75) is 13.3 Å². The first kappa shape index (κ1) is 16.3. The van der Waals surface area contributed by atoms with Crippen LogP contribution >= 0.6 is 0 Å². The van der Waals surface area contributed by atoms with Gasteiger partial charge in [-0.25, -0.2) is 4.98 Å². The summed E-state index contributed by atoms with van der Waals surface area (Å²) in [6, 6.07) is 6.00. The quantitative estimate of drug-likeness (QED) is 0.446. The van der Waals surface area contributed by atoms with Gasteiger partial charge in [0.1, 0.15) is 5.75 Å². The van der Waals surface area contributed by atoms with Crippen molar-refractivity contribution in [1.82, 2.24) is 9.97 Å². The highest BCUT2D eigenvalue weighted by Crippen LogP contribution is 2.23. The maximum atomic E-state index is 10.7. The van der Waals surface area contributed by atoms with Crippen molar-refractivity contribution in [3.8, 4) is 11.5 Å². The number of benzene rings is 1. The fraction of sp³-hybridized carbons (Fsp3) is 0.286. The molecule has 0 atom stereocenters. The Kier molecular flexibility index (Phi) is 5.13. The lowest BCUT2D eigenvalue weighted by molar-refractivity contribution is -0.384. The number of nitrogens with two attached hydrogens (primary N) is 2. The molecule has 1 aromatic carbocycles. The summed E-state index contributed by atoms with van der Waals surface area (Å²) in [5.41, 5.74) is 11.8. The Labute approximate surface area is 132 Å². The van der Waals surface area contributed by atoms with Crippen molar-refractivity contribution in [3.63, 3.8) is 0 Å². The standard InChI is InChI=1S/C14H17N5O4/c1-9-12(13(15)18-14(16)17-9)23-7-3-6-22-11-5-2-4-10(8-11)19(20)21/h2,4-5,8H,3,6-7H2,1H3,(H4,15,16,17,18). The first-order valence-electron chi connectivity index (χ1n) is 6.87. The van der Waals surface area contributed by atoms with Crippen LogP contribution in [0.25, 0.3) is 0 Å². The Balaban J connectivity index is 1.80. The van der Waals surface area contributed by atoms with E-state index < -0.39 is 4.92 Å². The van der Waals surface area contributed by atoms with E-state index in [1.54, 1.807) is 19.1 Å². The number of anilines is 2. The predicted octanol–water partition coefficient (Wildman–Crippen LogP) is 1.71. The number of nitro benzene ring substituents is 1. The number of rotatable bonds is 7. The highest BCUT2D eigenvalue weighted by molar-refractivity contribution is 5.51. The van der Waals surface area contributed by atoms with Crippen molar-refractivity contribution < 1.29 is 14.4 Å². The number of hydrogen-bond acceptors (Lipinski definition) is 8. The smallest absolute Gasteiger partial charge is 0.273 e. The van der Waals surface area contributed by atoms with Crippen LogP contribution in [-0.2, 0) is 0 Å². The van der Waals surface area contributed by atoms with Crippen LogP contribution in [0.1, 0.15) is 12.1 Å². The van der Waals surface area contributed by atoms with Crippen LogP contribution in [-0.4, -0.2) is 28.1 Å². The van der Waals surface area contributed by atoms with E-state index in [1.807, 2.05) is 0 Å². The number of aryl methyl sites for hydroxylation is 1. The van der Waals surface area contributed by atoms with E-state index >= 15 is 0 Å². The summed E-state index contributed by atoms with van der Waals surface area (Å²) in [7, 11) is 0. The van der Waals surface area contributed by atoms with Gasteiger partial charge in [0.25, 0.3) is 5.69 Å². The Morgan fingerprint density at radius 1 is 1.22 bits per heavy atom. The van der Waals surface area contributed by atoms with Gasteiger partial charge in [-0.15, -0.1) is 0 Å². The third-order valence-electron chi connectivity index (χ3n) is 2.91. The molecule has 2 aromatic rings. The van der Waals surface area contributed by atoms with Crippen LogP contribution in [0.4, 0.5) is 17.5 Å². The van der Waals surface area contributed by atoms with Crippen LogP contribution in [0.2, 0.25) is 0 Å². The molecular weight excluding hydrogens is 302 g/mol. The van der Waals surface area contributed by atoms with Crippen molar-refractivity contribution in [2.24, 2.45) is 0 Å². The number of aromatic nitrogens is 2. The van der Waals surface area contributed by atoms with E-state index in [0.29, 0.717) is 36.8 Å². The van der Waals surface area contributed by atoms with Crippen molar-refractivity contribution in [2.75, 3.05) is 24.7 Å². The SMILES string of the molecule is Cc1nc(N)nc(N)c1OCCCOc1cccc([N+](=O)[O-])c1. The van der Waals surface area contributed by atoms with Gasteiger partial charge in [-0.1, -0.05) is 6.07 Å². The van der Waals surface area contributed by atoms with Gasteiger partial charge in [0.05, 0.1) is 29.9 Å². The zero-order valence-electron chi connectivity index (χ0n) is 12.6. The van der Waals surface area contributed by atoms with Crippen LogP contribution in [0.15, 0.2) is 24.3 Å². The van der Waals surface area contributed by atoms with Crippen molar-refractivity contribution in [1.29, 1.82) is 0 Å². The number of nitrogens with zero attached hydrogens (tertiary/aromatic N) is 3. The van der Waals surface area contributed by atoms with Gasteiger partial charge in [-0.05, 0) is 13.0 Å². The highest BCUT2D eigenvalue weighted by atomic mass is 16.6. The minimum atomic E-state index is -0.470. The summed E-state index contributed by atoms with van der Waals surface area (Å²) in [5.74, 6) is 1.12. The maximum absolute atomic E-state index is 10.7. The van der Waals surface area contributed by atoms with Gasteiger partial charge in [-0.2, -0.15) is 4.98 Å². The van der Waals surface area contributed by atoms with E-state index in [2.05, 4.69) is 9.97 Å². The number of non-ortho nitro benzene ring substituents is 1. The zero-order chi connectivity index (χ0) is 16.8. The number of hydrogen-bond donors (Lipinski definition) is 2. The third kappa shape index (κ3) is 4.43. The van der Waals surface area contributed by atoms with Crippen molar-refractivity contribution >= 4 is 17.5 Å². The second kappa shape index (κ2) is 7.25. The summed E-state index contributed by atoms with van der Waals surface area (Å²) in [4.78, 5) is 18.0. The summed E-state index contributed by atoms with van der Waals surface area (Å²) >= 11 is 0. The van der Waals surface area contributed by atoms with Gasteiger partial charge in [0, 0.05) is 12.5 Å². The molecule has 0 saturated carbocycles. The van der Waals surface area contributed by atoms with E-state index in [4.69, 9.17) is 20.9 Å². The first-order chi connectivity index (χ1) is 11.0. The molecule has 0 spiro atoms. The van der Waals surface area contributed by atoms with Gasteiger partial charge in [0.2, 0.25) is 5.95 Å². The molecule has 9 nitrogen and oxygen atoms in total. The summed E-state index contributed by atoms with van der Waals surface area (Å²) in [6.07, 6.45) is 0.561. The fourth-order valence-corrected chi connectivity index (χ4v) is 1.90. The molecule has 0 radical (unpaired) electrons. The van der Waals surface area contributed by atoms with E-state index in [-0.39, 0.29) is 17.5 Å². The van der Waals surface area contributed by atoms with Crippen LogP contribution < -0.4 is 20.9 Å². The van der Waals surface area contributed by atoms with Gasteiger partial charge in [-0.3, -0.25) is 10.1 Å². The van der Waals surface area contributed by atoms with Crippen LogP contribution in [0, 0.1) is 17.0 Å². The maximum Gasteiger partial charge on any atom is 0.273 e. The lowest BCUT2D eigenvalue weighted by Crippen LogP contribution is -2.10. The summed E-state index contributed by atoms with van der Waals surface area (Å²) in [5, 5.41) is 10.7. The number of nitro groups is 1. The molecule has 122 valence electrons. The van der Waals surface area contributed by atoms with Crippen LogP contribution in [0.3, 0.4) is 0 Å². The highest BCUT2D eigenvalue weighted by Gasteiger charge is 2.09. The molecule has 0 unspecified atom stereocenters. The number of ether oxygens (including phenoxy) is 2. The van der Waals surface area contributed by atoms with E-state index in [0.717, 1.165) is 0 Å². The lowest BCUT2D eigenvalue weighted by atomic mass is 10.3. The second-order valence-electron chi connectivity index (χ2n) is 4.69. The normalized spacial score (nSPS) is 10.3. The van der Waals surface area contributed by atoms with Gasteiger partial charge in [0.15, 0.2) is 11.6 Å². The van der Waals surface area contributed by atoms with Gasteiger partial charge < -0.3 is 20.9 Å². The van der Waals surface area contributed by atoms with Gasteiger partial charge >= 0.3 is 0 Å². The van der Waals surface area contributed by atoms with E-state index in [9.17, 15) is 10.1 Å². The Morgan fingerprint density at radius 2 is 1.96 bits per heavy atom. The topological polar surface area (TPSA) is 139 Å². The molecule has 0 aliphatic carbocycles. The fourth-order valence-electron chi connectivity index (χ4n) is 1.90. The van der Waals surface area contributed by atoms with Crippen LogP contribution in [0.5, 0.6) is 11.5 Å². The third-order valence-corrected chi connectivity index (χ3v) is 2.91. The average molecular weight is 319 g/mol. The molecule has 1 aromatic heterocycles. The molecule has 2 rings (SSSR count). The van der Waals surface area contributed by atoms with E-state index in [1.165, 1.54) is 12.1 Å². The molecule has 1 heterocycles.